The van der Waals surface area contributed by atoms with Gasteiger partial charge in [-0.3, -0.25) is 9.47 Å². The van der Waals surface area contributed by atoms with Gasteiger partial charge in [0.25, 0.3) is 0 Å². The van der Waals surface area contributed by atoms with Crippen molar-refractivity contribution in [2.24, 2.45) is 0 Å². The molecule has 1 saturated heterocycles. The number of piperidine rings is 1. The summed E-state index contributed by atoms with van der Waals surface area (Å²) < 4.78 is 40.3. The summed E-state index contributed by atoms with van der Waals surface area (Å²) in [5, 5.41) is 21.5. The Hall–Kier alpha value is -2.15. The largest absolute Gasteiger partial charge is 0.494 e. The molecule has 2 N–H and O–H groups in total. The molecule has 3 heterocycles. The zero-order chi connectivity index (χ0) is 18.6. The molecule has 0 unspecified atom stereocenters. The third-order valence-electron chi connectivity index (χ3n) is 5.56. The van der Waals surface area contributed by atoms with Crippen molar-refractivity contribution in [1.82, 2.24) is 9.47 Å². The van der Waals surface area contributed by atoms with Crippen molar-refractivity contribution >= 4 is 0 Å². The molecule has 0 spiro atoms. The Morgan fingerprint density at radius 1 is 1.12 bits per heavy atom. The minimum atomic E-state index is -4.48. The second kappa shape index (κ2) is 5.94. The van der Waals surface area contributed by atoms with Crippen molar-refractivity contribution in [3.63, 3.8) is 0 Å². The van der Waals surface area contributed by atoms with Crippen molar-refractivity contribution in [1.29, 1.82) is 0 Å². The lowest BCUT2D eigenvalue weighted by Gasteiger charge is -2.45. The lowest BCUT2D eigenvalue weighted by Crippen LogP contribution is -2.42. The van der Waals surface area contributed by atoms with E-state index in [1.54, 1.807) is 0 Å². The van der Waals surface area contributed by atoms with Gasteiger partial charge in [0.05, 0.1) is 11.3 Å². The van der Waals surface area contributed by atoms with Gasteiger partial charge >= 0.3 is 6.18 Å². The summed E-state index contributed by atoms with van der Waals surface area (Å²) in [6.07, 6.45) is -1.70. The number of fused-ring (bicyclic) bond motifs is 2. The second-order valence-corrected chi connectivity index (χ2v) is 7.14. The third kappa shape index (κ3) is 2.48. The molecule has 26 heavy (non-hydrogen) atoms. The molecular weight excluding hydrogens is 345 g/mol. The van der Waals surface area contributed by atoms with E-state index in [9.17, 15) is 23.4 Å². The number of alkyl halides is 3. The fourth-order valence-corrected chi connectivity index (χ4v) is 4.52. The van der Waals surface area contributed by atoms with Crippen molar-refractivity contribution in [3.05, 3.63) is 41.0 Å². The molecule has 1 aliphatic carbocycles. The van der Waals surface area contributed by atoms with Crippen LogP contribution in [0.15, 0.2) is 24.3 Å². The van der Waals surface area contributed by atoms with Gasteiger partial charge in [-0.2, -0.15) is 13.2 Å². The first kappa shape index (κ1) is 17.3. The molecule has 2 aliphatic heterocycles. The van der Waals surface area contributed by atoms with Crippen LogP contribution in [0.25, 0.3) is 5.69 Å². The van der Waals surface area contributed by atoms with Crippen LogP contribution < -0.4 is 0 Å². The number of hydrogen-bond acceptors (Lipinski definition) is 3. The van der Waals surface area contributed by atoms with Crippen LogP contribution in [0.1, 0.15) is 54.8 Å². The van der Waals surface area contributed by atoms with Crippen LogP contribution in [0, 0.1) is 0 Å². The fraction of sp³-hybridized carbons (Fsp3) is 0.474. The van der Waals surface area contributed by atoms with Gasteiger partial charge in [0.2, 0.25) is 11.8 Å². The van der Waals surface area contributed by atoms with Crippen molar-refractivity contribution in [2.45, 2.75) is 44.3 Å². The Balaban J connectivity index is 1.85. The summed E-state index contributed by atoms with van der Waals surface area (Å²) in [6.45, 7) is 3.80. The van der Waals surface area contributed by atoms with E-state index < -0.39 is 11.7 Å². The second-order valence-electron chi connectivity index (χ2n) is 7.14. The number of halogens is 3. The smallest absolute Gasteiger partial charge is 0.416 e. The SMILES string of the molecule is CCCN1C[C@@H]2CC[C@H]1c1c2c(O)n(-c2cccc(C(F)(F)F)c2)c1O. The van der Waals surface area contributed by atoms with Crippen molar-refractivity contribution in [2.75, 3.05) is 13.1 Å². The van der Waals surface area contributed by atoms with E-state index >= 15 is 0 Å². The van der Waals surface area contributed by atoms with Gasteiger partial charge in [-0.15, -0.1) is 0 Å². The number of benzene rings is 1. The Morgan fingerprint density at radius 3 is 2.54 bits per heavy atom. The Kier molecular flexibility index (Phi) is 3.95. The predicted molar refractivity (Wildman–Crippen MR) is 90.7 cm³/mol. The highest BCUT2D eigenvalue weighted by Gasteiger charge is 2.44. The molecule has 0 radical (unpaired) electrons. The van der Waals surface area contributed by atoms with Crippen LogP contribution in [0.5, 0.6) is 11.8 Å². The highest BCUT2D eigenvalue weighted by molar-refractivity contribution is 5.58. The normalized spacial score (nSPS) is 22.6. The Bertz CT molecular complexity index is 844. The molecule has 0 saturated carbocycles. The highest BCUT2D eigenvalue weighted by Crippen LogP contribution is 2.55. The van der Waals surface area contributed by atoms with E-state index in [2.05, 4.69) is 11.8 Å². The number of nitrogens with zero attached hydrogens (tertiary/aromatic N) is 2. The molecule has 4 nitrogen and oxygen atoms in total. The van der Waals surface area contributed by atoms with Gasteiger partial charge in [-0.25, -0.2) is 0 Å². The minimum absolute atomic E-state index is 0.00731. The maximum absolute atomic E-state index is 13.0. The summed E-state index contributed by atoms with van der Waals surface area (Å²) in [5.41, 5.74) is 0.682. The van der Waals surface area contributed by atoms with E-state index in [1.165, 1.54) is 12.1 Å². The summed E-state index contributed by atoms with van der Waals surface area (Å²) in [6, 6.07) is 4.69. The van der Waals surface area contributed by atoms with Gasteiger partial charge < -0.3 is 10.2 Å². The van der Waals surface area contributed by atoms with Crippen LogP contribution in [0.4, 0.5) is 13.2 Å². The topological polar surface area (TPSA) is 48.6 Å². The average molecular weight is 366 g/mol. The molecule has 3 aliphatic rings. The van der Waals surface area contributed by atoms with Crippen LogP contribution >= 0.6 is 0 Å². The van der Waals surface area contributed by atoms with E-state index in [0.717, 1.165) is 49.1 Å². The highest BCUT2D eigenvalue weighted by atomic mass is 19.4. The predicted octanol–water partition coefficient (Wildman–Crippen LogP) is 4.55. The minimum Gasteiger partial charge on any atom is -0.494 e. The summed E-state index contributed by atoms with van der Waals surface area (Å²) >= 11 is 0. The zero-order valence-corrected chi connectivity index (χ0v) is 14.4. The molecular formula is C19H21F3N2O2. The van der Waals surface area contributed by atoms with Gasteiger partial charge in [0.1, 0.15) is 0 Å². The molecule has 1 fully saturated rings. The summed E-state index contributed by atoms with van der Waals surface area (Å²) in [4.78, 5) is 2.30. The standard InChI is InChI=1S/C19H21F3N2O2/c1-2-8-23-10-11-6-7-14(23)16-15(11)17(25)24(18(16)26)13-5-3-4-12(9-13)19(20,21)22/h3-5,9,11,14,25-26H,2,6-8,10H2,1H3/t11-,14-/m0/s1. The van der Waals surface area contributed by atoms with E-state index in [1.807, 2.05) is 0 Å². The lowest BCUT2D eigenvalue weighted by atomic mass is 9.76. The monoisotopic (exact) mass is 366 g/mol. The van der Waals surface area contributed by atoms with Gasteiger partial charge in [-0.05, 0) is 44.0 Å². The lowest BCUT2D eigenvalue weighted by molar-refractivity contribution is -0.137. The van der Waals surface area contributed by atoms with Gasteiger partial charge in [-0.1, -0.05) is 13.0 Å². The Labute approximate surface area is 149 Å². The van der Waals surface area contributed by atoms with Crippen LogP contribution in [0.3, 0.4) is 0 Å². The summed E-state index contributed by atoms with van der Waals surface area (Å²) in [7, 11) is 0. The maximum atomic E-state index is 13.0. The first-order valence-corrected chi connectivity index (χ1v) is 8.91. The first-order valence-electron chi connectivity index (χ1n) is 8.91. The molecule has 7 heteroatoms. The third-order valence-corrected chi connectivity index (χ3v) is 5.56. The number of hydrogen-bond donors (Lipinski definition) is 2. The van der Waals surface area contributed by atoms with Crippen LogP contribution in [0.2, 0.25) is 0 Å². The fourth-order valence-electron chi connectivity index (χ4n) is 4.52. The van der Waals surface area contributed by atoms with Crippen molar-refractivity contribution < 1.29 is 23.4 Å². The Morgan fingerprint density at radius 2 is 1.85 bits per heavy atom. The van der Waals surface area contributed by atoms with Gasteiger partial charge in [0, 0.05) is 29.6 Å². The van der Waals surface area contributed by atoms with E-state index in [-0.39, 0.29) is 29.4 Å². The summed E-state index contributed by atoms with van der Waals surface area (Å²) in [5.74, 6) is -0.186. The number of aromatic hydroxyl groups is 2. The first-order chi connectivity index (χ1) is 12.3. The molecule has 140 valence electrons. The number of rotatable bonds is 3. The molecule has 1 aromatic heterocycles. The molecule has 0 amide bonds. The van der Waals surface area contributed by atoms with E-state index in [4.69, 9.17) is 0 Å². The van der Waals surface area contributed by atoms with Crippen LogP contribution in [-0.2, 0) is 6.18 Å². The average Bonchev–Trinajstić information content (AvgIpc) is 2.88. The maximum Gasteiger partial charge on any atom is 0.416 e. The van der Waals surface area contributed by atoms with Gasteiger partial charge in [0.15, 0.2) is 0 Å². The molecule has 2 bridgehead atoms. The molecule has 5 rings (SSSR count). The van der Waals surface area contributed by atoms with E-state index in [0.29, 0.717) is 11.1 Å². The zero-order valence-electron chi connectivity index (χ0n) is 14.4. The molecule has 2 aromatic rings. The van der Waals surface area contributed by atoms with Crippen LogP contribution in [-0.4, -0.2) is 32.8 Å². The van der Waals surface area contributed by atoms with Crippen molar-refractivity contribution in [3.8, 4) is 17.4 Å². The number of aromatic nitrogens is 1. The molecule has 1 aromatic carbocycles. The quantitative estimate of drug-likeness (QED) is 0.838. The molecule has 2 atom stereocenters.